The topological polar surface area (TPSA) is 72.2 Å². The number of nitrogens with zero attached hydrogens (tertiary/aromatic N) is 4. The van der Waals surface area contributed by atoms with Gasteiger partial charge in [-0.05, 0) is 42.3 Å². The van der Waals surface area contributed by atoms with Gasteiger partial charge in [0.05, 0.1) is 22.3 Å². The highest BCUT2D eigenvalue weighted by Gasteiger charge is 2.14. The summed E-state index contributed by atoms with van der Waals surface area (Å²) in [6.07, 6.45) is 12.6. The fraction of sp³-hybridized carbons (Fsp3) is 0.308. The number of aromatic nitrogens is 4. The average Bonchev–Trinajstić information content (AvgIpc) is 3.52. The van der Waals surface area contributed by atoms with Crippen LogP contribution in [0.3, 0.4) is 0 Å². The minimum Gasteiger partial charge on any atom is -0.351 e. The van der Waals surface area contributed by atoms with Gasteiger partial charge in [0.1, 0.15) is 0 Å². The molecule has 33 heavy (non-hydrogen) atoms. The van der Waals surface area contributed by atoms with Crippen LogP contribution in [0.15, 0.2) is 66.1 Å². The molecule has 0 aliphatic heterocycles. The third kappa shape index (κ3) is 5.37. The molecule has 4 rings (SSSR count). The summed E-state index contributed by atoms with van der Waals surface area (Å²) in [6.45, 7) is 7.11. The van der Waals surface area contributed by atoms with Gasteiger partial charge in [-0.1, -0.05) is 44.9 Å². The van der Waals surface area contributed by atoms with Gasteiger partial charge in [-0.3, -0.25) is 9.78 Å². The summed E-state index contributed by atoms with van der Waals surface area (Å²) in [7, 11) is 0. The standard InChI is InChI=1S/C26H29N5OS/c1-4-7-19(5-2)12-18(3)14-28-26(32)21-13-20(15-27-16-21)22-17-29-31-10-9-23(30-25(22)31)24-8-6-11-33-24/h6,8-13,15-18H,4-5,7,14H2,1-3H3,(H,28,32)/b19-12+/t18-/m1/s1. The molecule has 0 spiro atoms. The van der Waals surface area contributed by atoms with Crippen molar-refractivity contribution in [3.63, 3.8) is 0 Å². The molecular formula is C26H29N5OS. The van der Waals surface area contributed by atoms with E-state index in [0.717, 1.165) is 46.6 Å². The molecule has 0 aliphatic rings. The maximum absolute atomic E-state index is 12.8. The van der Waals surface area contributed by atoms with Crippen molar-refractivity contribution in [2.45, 2.75) is 40.0 Å². The van der Waals surface area contributed by atoms with E-state index in [2.05, 4.69) is 42.2 Å². The molecule has 0 saturated carbocycles. The van der Waals surface area contributed by atoms with Gasteiger partial charge in [0.25, 0.3) is 5.91 Å². The van der Waals surface area contributed by atoms with Crippen LogP contribution in [-0.4, -0.2) is 32.0 Å². The van der Waals surface area contributed by atoms with E-state index in [1.165, 1.54) is 5.57 Å². The van der Waals surface area contributed by atoms with Crippen molar-refractivity contribution in [3.05, 3.63) is 71.6 Å². The second kappa shape index (κ2) is 10.5. The number of carbonyl (C=O) groups is 1. The fourth-order valence-electron chi connectivity index (χ4n) is 3.86. The Morgan fingerprint density at radius 3 is 2.88 bits per heavy atom. The van der Waals surface area contributed by atoms with Crippen molar-refractivity contribution in [1.82, 2.24) is 24.9 Å². The van der Waals surface area contributed by atoms with Gasteiger partial charge in [0, 0.05) is 36.3 Å². The Morgan fingerprint density at radius 1 is 1.24 bits per heavy atom. The molecule has 1 atom stereocenters. The molecule has 0 aromatic carbocycles. The lowest BCUT2D eigenvalue weighted by atomic mass is 10.0. The maximum Gasteiger partial charge on any atom is 0.252 e. The Balaban J connectivity index is 1.53. The number of hydrogen-bond acceptors (Lipinski definition) is 5. The number of rotatable bonds is 9. The second-order valence-electron chi connectivity index (χ2n) is 8.19. The van der Waals surface area contributed by atoms with Crippen LogP contribution >= 0.6 is 11.3 Å². The lowest BCUT2D eigenvalue weighted by Crippen LogP contribution is -2.28. The minimum atomic E-state index is -0.123. The highest BCUT2D eigenvalue weighted by Crippen LogP contribution is 2.27. The lowest BCUT2D eigenvalue weighted by Gasteiger charge is -2.12. The highest BCUT2D eigenvalue weighted by atomic mass is 32.1. The molecule has 1 N–H and O–H groups in total. The highest BCUT2D eigenvalue weighted by molar-refractivity contribution is 7.13. The van der Waals surface area contributed by atoms with Crippen LogP contribution in [0.5, 0.6) is 0 Å². The van der Waals surface area contributed by atoms with Gasteiger partial charge in [-0.25, -0.2) is 9.50 Å². The Hall–Kier alpha value is -3.32. The lowest BCUT2D eigenvalue weighted by molar-refractivity contribution is 0.0950. The van der Waals surface area contributed by atoms with Gasteiger partial charge in [0.15, 0.2) is 5.65 Å². The van der Waals surface area contributed by atoms with Crippen molar-refractivity contribution in [3.8, 4) is 21.7 Å². The number of amides is 1. The van der Waals surface area contributed by atoms with Gasteiger partial charge in [-0.2, -0.15) is 5.10 Å². The summed E-state index contributed by atoms with van der Waals surface area (Å²) in [6, 6.07) is 7.87. The average molecular weight is 460 g/mol. The van der Waals surface area contributed by atoms with E-state index < -0.39 is 0 Å². The zero-order chi connectivity index (χ0) is 23.2. The summed E-state index contributed by atoms with van der Waals surface area (Å²) >= 11 is 1.65. The van der Waals surface area contributed by atoms with Crippen molar-refractivity contribution >= 4 is 22.9 Å². The Morgan fingerprint density at radius 2 is 2.12 bits per heavy atom. The van der Waals surface area contributed by atoms with Crippen LogP contribution in [0.25, 0.3) is 27.3 Å². The first kappa shape index (κ1) is 22.9. The molecule has 1 amide bonds. The SMILES string of the molecule is CCC/C(=C/[C@@H](C)CNC(=O)c1cncc(-c2cnn3ccc(-c4cccs4)nc23)c1)CC. The molecule has 6 nitrogen and oxygen atoms in total. The number of hydrogen-bond donors (Lipinski definition) is 1. The first-order valence-corrected chi connectivity index (χ1v) is 12.3. The molecular weight excluding hydrogens is 430 g/mol. The first-order chi connectivity index (χ1) is 16.1. The van der Waals surface area contributed by atoms with Crippen LogP contribution in [0.2, 0.25) is 0 Å². The molecule has 0 radical (unpaired) electrons. The fourth-order valence-corrected chi connectivity index (χ4v) is 4.56. The number of nitrogens with one attached hydrogen (secondary N) is 1. The van der Waals surface area contributed by atoms with Gasteiger partial charge in [0.2, 0.25) is 0 Å². The number of carbonyl (C=O) groups excluding carboxylic acids is 1. The number of pyridine rings is 1. The molecule has 4 aromatic heterocycles. The molecule has 0 bridgehead atoms. The molecule has 7 heteroatoms. The largest absolute Gasteiger partial charge is 0.351 e. The van der Waals surface area contributed by atoms with E-state index in [1.54, 1.807) is 34.4 Å². The predicted octanol–water partition coefficient (Wildman–Crippen LogP) is 6.02. The van der Waals surface area contributed by atoms with Gasteiger partial charge < -0.3 is 5.32 Å². The van der Waals surface area contributed by atoms with E-state index in [0.29, 0.717) is 12.1 Å². The molecule has 4 aromatic rings. The predicted molar refractivity (Wildman–Crippen MR) is 134 cm³/mol. The molecule has 0 fully saturated rings. The first-order valence-electron chi connectivity index (χ1n) is 11.4. The number of allylic oxidation sites excluding steroid dienone is 1. The molecule has 0 aliphatic carbocycles. The van der Waals surface area contributed by atoms with Crippen LogP contribution in [0, 0.1) is 5.92 Å². The van der Waals surface area contributed by atoms with Crippen LogP contribution < -0.4 is 5.32 Å². The number of fused-ring (bicyclic) bond motifs is 1. The van der Waals surface area contributed by atoms with Crippen molar-refractivity contribution in [2.75, 3.05) is 6.54 Å². The third-order valence-corrected chi connectivity index (χ3v) is 6.48. The van der Waals surface area contributed by atoms with Crippen LogP contribution in [0.1, 0.15) is 50.4 Å². The van der Waals surface area contributed by atoms with Crippen LogP contribution in [-0.2, 0) is 0 Å². The van der Waals surface area contributed by atoms with Gasteiger partial charge >= 0.3 is 0 Å². The van der Waals surface area contributed by atoms with Crippen molar-refractivity contribution in [1.29, 1.82) is 0 Å². The molecule has 0 unspecified atom stereocenters. The van der Waals surface area contributed by atoms with E-state index in [-0.39, 0.29) is 11.8 Å². The molecule has 4 heterocycles. The summed E-state index contributed by atoms with van der Waals surface area (Å²) in [5, 5.41) is 9.51. The maximum atomic E-state index is 12.8. The molecule has 0 saturated heterocycles. The van der Waals surface area contributed by atoms with Gasteiger partial charge in [-0.15, -0.1) is 11.3 Å². The Kier molecular flexibility index (Phi) is 7.29. The van der Waals surface area contributed by atoms with E-state index >= 15 is 0 Å². The third-order valence-electron chi connectivity index (χ3n) is 5.58. The zero-order valence-electron chi connectivity index (χ0n) is 19.3. The Bertz CT molecular complexity index is 1260. The normalized spacial score (nSPS) is 12.8. The van der Waals surface area contributed by atoms with E-state index in [9.17, 15) is 4.79 Å². The second-order valence-corrected chi connectivity index (χ2v) is 9.14. The summed E-state index contributed by atoms with van der Waals surface area (Å²) in [4.78, 5) is 23.1. The van der Waals surface area contributed by atoms with Crippen molar-refractivity contribution in [2.24, 2.45) is 5.92 Å². The quantitative estimate of drug-likeness (QED) is 0.311. The van der Waals surface area contributed by atoms with E-state index in [4.69, 9.17) is 4.98 Å². The monoisotopic (exact) mass is 459 g/mol. The summed E-state index contributed by atoms with van der Waals surface area (Å²) < 4.78 is 1.74. The smallest absolute Gasteiger partial charge is 0.252 e. The summed E-state index contributed by atoms with van der Waals surface area (Å²) in [5.74, 6) is 0.160. The zero-order valence-corrected chi connectivity index (χ0v) is 20.1. The summed E-state index contributed by atoms with van der Waals surface area (Å²) in [5.41, 5.74) is 5.28. The Labute approximate surface area is 198 Å². The van der Waals surface area contributed by atoms with Crippen molar-refractivity contribution < 1.29 is 4.79 Å². The number of thiophene rings is 1. The van der Waals surface area contributed by atoms with E-state index in [1.807, 2.05) is 35.8 Å². The minimum absolute atomic E-state index is 0.123. The van der Waals surface area contributed by atoms with Crippen LogP contribution in [0.4, 0.5) is 0 Å². The molecule has 170 valence electrons.